The van der Waals surface area contributed by atoms with Crippen molar-refractivity contribution in [2.45, 2.75) is 13.8 Å². The molecule has 0 aliphatic carbocycles. The third kappa shape index (κ3) is 4.80. The first-order valence-electron chi connectivity index (χ1n) is 13.3. The molecule has 0 amide bonds. The number of aryl methyl sites for hydroxylation is 2. The van der Waals surface area contributed by atoms with Gasteiger partial charge in [0.1, 0.15) is 0 Å². The van der Waals surface area contributed by atoms with Crippen molar-refractivity contribution in [3.63, 3.8) is 0 Å². The average Bonchev–Trinajstić information content (AvgIpc) is 3.58. The van der Waals surface area contributed by atoms with E-state index in [1.165, 1.54) is 0 Å². The van der Waals surface area contributed by atoms with Gasteiger partial charge in [0, 0.05) is 47.8 Å². The summed E-state index contributed by atoms with van der Waals surface area (Å²) in [6.45, 7) is 4.02. The van der Waals surface area contributed by atoms with Crippen molar-refractivity contribution in [3.8, 4) is 45.8 Å². The predicted molar refractivity (Wildman–Crippen MR) is 158 cm³/mol. The first-order valence-corrected chi connectivity index (χ1v) is 13.3. The van der Waals surface area contributed by atoms with Crippen LogP contribution in [-0.4, -0.2) is 19.6 Å². The Bertz CT molecular complexity index is 1900. The molecule has 0 unspecified atom stereocenters. The largest absolute Gasteiger partial charge is 2.00 e. The summed E-state index contributed by atoms with van der Waals surface area (Å²) in [4.78, 5) is 0. The molecule has 0 aliphatic heterocycles. The molecule has 0 aliphatic rings. The standard InChI is InChI=1S/C34H26N4O3.Pt/c1-21-31(23-11-7-5-8-12-23)37(3)35-33(21)39-25-15-17-29-27(19-25)28-20-26(16-18-30(28)41-29)40-34-22(2)32(38(4)36-34)24-13-9-6-10-14-24;/h5-18H,1-4H3;/q-2;+2. The number of nitrogens with zero attached hydrogens (tertiary/aromatic N) is 4. The number of rotatable bonds is 6. The van der Waals surface area contributed by atoms with E-state index in [1.54, 1.807) is 0 Å². The Morgan fingerprint density at radius 1 is 0.595 bits per heavy atom. The Kier molecular flexibility index (Phi) is 7.21. The van der Waals surface area contributed by atoms with Gasteiger partial charge < -0.3 is 13.9 Å². The van der Waals surface area contributed by atoms with Crippen LogP contribution in [0.1, 0.15) is 11.1 Å². The molecule has 0 N–H and O–H groups in total. The van der Waals surface area contributed by atoms with E-state index < -0.39 is 0 Å². The summed E-state index contributed by atoms with van der Waals surface area (Å²) in [5.41, 5.74) is 7.44. The minimum absolute atomic E-state index is 0. The smallest absolute Gasteiger partial charge is 0.564 e. The Hall–Kier alpha value is -4.61. The Morgan fingerprint density at radius 2 is 1.00 bits per heavy atom. The van der Waals surface area contributed by atoms with Crippen LogP contribution in [0, 0.1) is 26.0 Å². The number of hydrogen-bond donors (Lipinski definition) is 0. The summed E-state index contributed by atoms with van der Waals surface area (Å²) in [6, 6.07) is 34.4. The molecule has 8 heteroatoms. The maximum atomic E-state index is 6.23. The SMILES string of the molecule is Cc1c(Oc2[c-]c3c(cc2)oc2ccc(Oc4nn(C)c(-c5ccccc5)c4C)[c-]c23)nn(C)c1-c1ccccc1.[Pt+2]. The van der Waals surface area contributed by atoms with Crippen LogP contribution in [0.5, 0.6) is 23.3 Å². The number of hydrogen-bond acceptors (Lipinski definition) is 5. The Morgan fingerprint density at radius 3 is 1.40 bits per heavy atom. The molecule has 0 fully saturated rings. The van der Waals surface area contributed by atoms with Crippen molar-refractivity contribution in [1.29, 1.82) is 0 Å². The summed E-state index contributed by atoms with van der Waals surface area (Å²) in [5, 5.41) is 10.8. The van der Waals surface area contributed by atoms with Crippen LogP contribution in [-0.2, 0) is 35.2 Å². The number of fused-ring (bicyclic) bond motifs is 3. The van der Waals surface area contributed by atoms with Crippen LogP contribution < -0.4 is 9.47 Å². The summed E-state index contributed by atoms with van der Waals surface area (Å²) in [5.74, 6) is 2.13. The molecule has 7 aromatic rings. The number of furan rings is 1. The van der Waals surface area contributed by atoms with Crippen LogP contribution in [0.3, 0.4) is 0 Å². The van der Waals surface area contributed by atoms with E-state index in [9.17, 15) is 0 Å². The molecular weight excluding hydrogens is 707 g/mol. The van der Waals surface area contributed by atoms with Gasteiger partial charge in [0.05, 0.1) is 11.4 Å². The fourth-order valence-electron chi connectivity index (χ4n) is 5.31. The second-order valence-electron chi connectivity index (χ2n) is 9.97. The van der Waals surface area contributed by atoms with Gasteiger partial charge >= 0.3 is 21.1 Å². The summed E-state index contributed by atoms with van der Waals surface area (Å²) < 4.78 is 22.2. The zero-order valence-corrected chi connectivity index (χ0v) is 25.7. The van der Waals surface area contributed by atoms with Gasteiger partial charge in [-0.2, -0.15) is 10.8 Å². The summed E-state index contributed by atoms with van der Waals surface area (Å²) in [6.07, 6.45) is 0. The average molecular weight is 734 g/mol. The molecule has 0 saturated heterocycles. The maximum absolute atomic E-state index is 6.23. The fourth-order valence-corrected chi connectivity index (χ4v) is 5.31. The van der Waals surface area contributed by atoms with Gasteiger partial charge in [0.25, 0.3) is 0 Å². The molecule has 4 aromatic carbocycles. The molecular formula is C34H26N4O3Pt. The van der Waals surface area contributed by atoms with Crippen LogP contribution in [0.4, 0.5) is 0 Å². The molecule has 0 spiro atoms. The van der Waals surface area contributed by atoms with Gasteiger partial charge in [-0.25, -0.2) is 0 Å². The Labute approximate surface area is 257 Å². The third-order valence-electron chi connectivity index (χ3n) is 7.22. The van der Waals surface area contributed by atoms with Gasteiger partial charge in [-0.15, -0.1) is 34.5 Å². The van der Waals surface area contributed by atoms with Crippen molar-refractivity contribution in [2.24, 2.45) is 14.1 Å². The van der Waals surface area contributed by atoms with Crippen LogP contribution in [0.15, 0.2) is 89.3 Å². The topological polar surface area (TPSA) is 67.2 Å². The predicted octanol–water partition coefficient (Wildman–Crippen LogP) is 8.19. The van der Waals surface area contributed by atoms with E-state index in [0.29, 0.717) is 34.4 Å². The molecule has 0 atom stereocenters. The zero-order chi connectivity index (χ0) is 28.1. The third-order valence-corrected chi connectivity index (χ3v) is 7.22. The van der Waals surface area contributed by atoms with E-state index in [1.807, 2.05) is 98.0 Å². The van der Waals surface area contributed by atoms with Crippen LogP contribution in [0.2, 0.25) is 0 Å². The molecule has 3 aromatic heterocycles. The molecule has 0 radical (unpaired) electrons. The molecule has 7 nitrogen and oxygen atoms in total. The van der Waals surface area contributed by atoms with E-state index in [4.69, 9.17) is 13.9 Å². The van der Waals surface area contributed by atoms with E-state index in [0.717, 1.165) is 44.4 Å². The summed E-state index contributed by atoms with van der Waals surface area (Å²) >= 11 is 0. The zero-order valence-electron chi connectivity index (χ0n) is 23.4. The van der Waals surface area contributed by atoms with Gasteiger partial charge in [0.2, 0.25) is 11.8 Å². The molecule has 210 valence electrons. The monoisotopic (exact) mass is 733 g/mol. The molecule has 3 heterocycles. The van der Waals surface area contributed by atoms with E-state index >= 15 is 0 Å². The summed E-state index contributed by atoms with van der Waals surface area (Å²) in [7, 11) is 3.84. The Balaban J connectivity index is 0.00000316. The second kappa shape index (κ2) is 11.0. The van der Waals surface area contributed by atoms with Crippen molar-refractivity contribution in [3.05, 3.63) is 108 Å². The normalized spacial score (nSPS) is 11.1. The first-order chi connectivity index (χ1) is 20.0. The maximum Gasteiger partial charge on any atom is 2.00 e. The second-order valence-corrected chi connectivity index (χ2v) is 9.97. The number of aromatic nitrogens is 4. The number of benzene rings is 4. The fraction of sp³-hybridized carbons (Fsp3) is 0.118. The quantitative estimate of drug-likeness (QED) is 0.161. The molecule has 7 rings (SSSR count). The van der Waals surface area contributed by atoms with Gasteiger partial charge in [-0.1, -0.05) is 72.8 Å². The van der Waals surface area contributed by atoms with Crippen LogP contribution in [0.25, 0.3) is 44.5 Å². The van der Waals surface area contributed by atoms with Crippen molar-refractivity contribution >= 4 is 21.9 Å². The van der Waals surface area contributed by atoms with Crippen LogP contribution >= 0.6 is 0 Å². The molecule has 0 bridgehead atoms. The van der Waals surface area contributed by atoms with Gasteiger partial charge in [-0.05, 0) is 25.0 Å². The molecule has 42 heavy (non-hydrogen) atoms. The minimum atomic E-state index is 0. The van der Waals surface area contributed by atoms with Crippen molar-refractivity contribution in [2.75, 3.05) is 0 Å². The van der Waals surface area contributed by atoms with Crippen molar-refractivity contribution in [1.82, 2.24) is 19.6 Å². The van der Waals surface area contributed by atoms with Gasteiger partial charge in [-0.3, -0.25) is 9.36 Å². The van der Waals surface area contributed by atoms with E-state index in [-0.39, 0.29) is 21.1 Å². The number of ether oxygens (including phenoxy) is 2. The van der Waals surface area contributed by atoms with E-state index in [2.05, 4.69) is 46.6 Å². The van der Waals surface area contributed by atoms with Gasteiger partial charge in [0.15, 0.2) is 0 Å². The molecule has 0 saturated carbocycles. The van der Waals surface area contributed by atoms with Crippen molar-refractivity contribution < 1.29 is 35.0 Å². The minimum Gasteiger partial charge on any atom is -0.564 e. The first kappa shape index (κ1) is 27.6.